The summed E-state index contributed by atoms with van der Waals surface area (Å²) in [5.41, 5.74) is 0.944. The van der Waals surface area contributed by atoms with Gasteiger partial charge in [0.15, 0.2) is 0 Å². The van der Waals surface area contributed by atoms with Crippen molar-refractivity contribution in [2.24, 2.45) is 0 Å². The fourth-order valence-corrected chi connectivity index (χ4v) is 2.56. The first-order chi connectivity index (χ1) is 12.3. The van der Waals surface area contributed by atoms with E-state index >= 15 is 0 Å². The Kier molecular flexibility index (Phi) is 6.71. The zero-order chi connectivity index (χ0) is 19.3. The van der Waals surface area contributed by atoms with Crippen molar-refractivity contribution in [3.8, 4) is 11.5 Å². The molecule has 0 spiro atoms. The molecule has 2 rings (SSSR count). The number of hydrogen-bond acceptors (Lipinski definition) is 4. The molecule has 0 heterocycles. The molecule has 0 aliphatic carbocycles. The molecular formula is C18H18Cl2N2O4. The average Bonchev–Trinajstić information content (AvgIpc) is 2.62. The van der Waals surface area contributed by atoms with E-state index in [0.717, 1.165) is 0 Å². The van der Waals surface area contributed by atoms with Crippen LogP contribution in [0.4, 0.5) is 11.4 Å². The van der Waals surface area contributed by atoms with Crippen LogP contribution in [0, 0.1) is 0 Å². The van der Waals surface area contributed by atoms with Crippen LogP contribution in [0.15, 0.2) is 36.4 Å². The third kappa shape index (κ3) is 4.80. The van der Waals surface area contributed by atoms with Crippen LogP contribution in [-0.2, 0) is 9.59 Å². The maximum Gasteiger partial charge on any atom is 0.244 e. The minimum atomic E-state index is -0.394. The van der Waals surface area contributed by atoms with Crippen LogP contribution in [0.25, 0.3) is 0 Å². The second-order valence-corrected chi connectivity index (χ2v) is 6.13. The third-order valence-corrected chi connectivity index (χ3v) is 4.32. The topological polar surface area (TPSA) is 67.9 Å². The quantitative estimate of drug-likeness (QED) is 0.800. The maximum atomic E-state index is 12.4. The van der Waals surface area contributed by atoms with Gasteiger partial charge in [0.2, 0.25) is 11.8 Å². The number of nitrogens with zero attached hydrogens (tertiary/aromatic N) is 1. The summed E-state index contributed by atoms with van der Waals surface area (Å²) in [6, 6.07) is 9.73. The highest BCUT2D eigenvalue weighted by Crippen LogP contribution is 2.30. The van der Waals surface area contributed by atoms with Gasteiger partial charge in [0.25, 0.3) is 0 Å². The standard InChI is InChI=1S/C18H18Cl2N2O4/c1-11(23)22(12-4-6-14(19)15(20)8-12)10-18(24)21-16-7-5-13(25-2)9-17(16)26-3/h4-9H,10H2,1-3H3,(H,21,24). The van der Waals surface area contributed by atoms with E-state index in [0.29, 0.717) is 32.9 Å². The van der Waals surface area contributed by atoms with E-state index in [1.54, 1.807) is 30.3 Å². The molecule has 0 bridgehead atoms. The van der Waals surface area contributed by atoms with Crippen LogP contribution in [0.3, 0.4) is 0 Å². The first-order valence-corrected chi connectivity index (χ1v) is 8.36. The van der Waals surface area contributed by atoms with Crippen molar-refractivity contribution < 1.29 is 19.1 Å². The van der Waals surface area contributed by atoms with Crippen molar-refractivity contribution in [3.63, 3.8) is 0 Å². The van der Waals surface area contributed by atoms with E-state index in [9.17, 15) is 9.59 Å². The molecule has 0 aliphatic rings. The lowest BCUT2D eigenvalue weighted by Gasteiger charge is -2.21. The van der Waals surface area contributed by atoms with Crippen molar-refractivity contribution in [2.45, 2.75) is 6.92 Å². The molecule has 0 aromatic heterocycles. The number of carbonyl (C=O) groups is 2. The number of nitrogens with one attached hydrogen (secondary N) is 1. The number of ether oxygens (including phenoxy) is 2. The Hall–Kier alpha value is -2.44. The van der Waals surface area contributed by atoms with Crippen LogP contribution < -0.4 is 19.7 Å². The smallest absolute Gasteiger partial charge is 0.244 e. The summed E-state index contributed by atoms with van der Waals surface area (Å²) >= 11 is 11.9. The molecule has 0 aliphatic heterocycles. The number of carbonyl (C=O) groups excluding carboxylic acids is 2. The third-order valence-electron chi connectivity index (χ3n) is 3.58. The van der Waals surface area contributed by atoms with E-state index in [4.69, 9.17) is 32.7 Å². The SMILES string of the molecule is COc1ccc(NC(=O)CN(C(C)=O)c2ccc(Cl)c(Cl)c2)c(OC)c1. The Balaban J connectivity index is 2.18. The molecule has 1 N–H and O–H groups in total. The predicted molar refractivity (Wildman–Crippen MR) is 103 cm³/mol. The average molecular weight is 397 g/mol. The highest BCUT2D eigenvalue weighted by atomic mass is 35.5. The van der Waals surface area contributed by atoms with Gasteiger partial charge in [-0.2, -0.15) is 0 Å². The molecule has 0 saturated carbocycles. The molecule has 0 atom stereocenters. The molecular weight excluding hydrogens is 379 g/mol. The number of amides is 2. The lowest BCUT2D eigenvalue weighted by atomic mass is 10.2. The number of benzene rings is 2. The Morgan fingerprint density at radius 3 is 2.35 bits per heavy atom. The van der Waals surface area contributed by atoms with Gasteiger partial charge in [0, 0.05) is 18.7 Å². The minimum Gasteiger partial charge on any atom is -0.497 e. The van der Waals surface area contributed by atoms with E-state index in [2.05, 4.69) is 5.32 Å². The molecule has 138 valence electrons. The van der Waals surface area contributed by atoms with Gasteiger partial charge in [-0.05, 0) is 30.3 Å². The Labute approximate surface area is 161 Å². The van der Waals surface area contributed by atoms with Crippen molar-refractivity contribution in [3.05, 3.63) is 46.4 Å². The molecule has 0 unspecified atom stereocenters. The summed E-state index contributed by atoms with van der Waals surface area (Å²) < 4.78 is 10.4. The van der Waals surface area contributed by atoms with Gasteiger partial charge in [-0.1, -0.05) is 23.2 Å². The maximum absolute atomic E-state index is 12.4. The predicted octanol–water partition coefficient (Wildman–Crippen LogP) is 4.00. The van der Waals surface area contributed by atoms with Gasteiger partial charge < -0.3 is 19.7 Å². The molecule has 0 radical (unpaired) electrons. The number of halogens is 2. The van der Waals surface area contributed by atoms with Crippen molar-refractivity contribution in [1.82, 2.24) is 0 Å². The van der Waals surface area contributed by atoms with Crippen LogP contribution in [-0.4, -0.2) is 32.6 Å². The zero-order valence-corrected chi connectivity index (χ0v) is 16.0. The van der Waals surface area contributed by atoms with E-state index < -0.39 is 5.91 Å². The fraction of sp³-hybridized carbons (Fsp3) is 0.222. The highest BCUT2D eigenvalue weighted by molar-refractivity contribution is 6.42. The van der Waals surface area contributed by atoms with E-state index in [1.165, 1.54) is 32.1 Å². The van der Waals surface area contributed by atoms with Gasteiger partial charge in [-0.25, -0.2) is 0 Å². The Morgan fingerprint density at radius 1 is 1.04 bits per heavy atom. The van der Waals surface area contributed by atoms with Crippen LogP contribution in [0.1, 0.15) is 6.92 Å². The summed E-state index contributed by atoms with van der Waals surface area (Å²) in [5.74, 6) is 0.345. The summed E-state index contributed by atoms with van der Waals surface area (Å²) in [5, 5.41) is 3.39. The first kappa shape index (κ1) is 19.9. The van der Waals surface area contributed by atoms with Gasteiger partial charge in [-0.15, -0.1) is 0 Å². The fourth-order valence-electron chi connectivity index (χ4n) is 2.27. The van der Waals surface area contributed by atoms with Gasteiger partial charge in [-0.3, -0.25) is 9.59 Å². The molecule has 8 heteroatoms. The number of hydrogen-bond donors (Lipinski definition) is 1. The lowest BCUT2D eigenvalue weighted by Crippen LogP contribution is -2.36. The molecule has 0 saturated heterocycles. The van der Waals surface area contributed by atoms with Gasteiger partial charge in [0.1, 0.15) is 18.0 Å². The highest BCUT2D eigenvalue weighted by Gasteiger charge is 2.18. The normalized spacial score (nSPS) is 10.2. The Morgan fingerprint density at radius 2 is 1.77 bits per heavy atom. The van der Waals surface area contributed by atoms with Crippen LogP contribution >= 0.6 is 23.2 Å². The van der Waals surface area contributed by atoms with Crippen molar-refractivity contribution >= 4 is 46.4 Å². The number of methoxy groups -OCH3 is 2. The summed E-state index contributed by atoms with van der Waals surface area (Å²) in [6.07, 6.45) is 0. The minimum absolute atomic E-state index is 0.192. The Bertz CT molecular complexity index is 827. The monoisotopic (exact) mass is 396 g/mol. The van der Waals surface area contributed by atoms with Crippen molar-refractivity contribution in [2.75, 3.05) is 31.0 Å². The molecule has 26 heavy (non-hydrogen) atoms. The van der Waals surface area contributed by atoms with Crippen LogP contribution in [0.5, 0.6) is 11.5 Å². The lowest BCUT2D eigenvalue weighted by molar-refractivity contribution is -0.120. The summed E-state index contributed by atoms with van der Waals surface area (Å²) in [7, 11) is 3.02. The summed E-state index contributed by atoms with van der Waals surface area (Å²) in [6.45, 7) is 1.17. The first-order valence-electron chi connectivity index (χ1n) is 7.60. The van der Waals surface area contributed by atoms with Gasteiger partial charge in [0.05, 0.1) is 30.0 Å². The molecule has 2 aromatic carbocycles. The number of rotatable bonds is 6. The van der Waals surface area contributed by atoms with Gasteiger partial charge >= 0.3 is 0 Å². The largest absolute Gasteiger partial charge is 0.497 e. The molecule has 0 fully saturated rings. The molecule has 6 nitrogen and oxygen atoms in total. The number of anilines is 2. The van der Waals surface area contributed by atoms with E-state index in [-0.39, 0.29) is 12.5 Å². The van der Waals surface area contributed by atoms with Crippen LogP contribution in [0.2, 0.25) is 10.0 Å². The second kappa shape index (κ2) is 8.78. The second-order valence-electron chi connectivity index (χ2n) is 5.32. The summed E-state index contributed by atoms with van der Waals surface area (Å²) in [4.78, 5) is 25.7. The molecule has 2 amide bonds. The van der Waals surface area contributed by atoms with E-state index in [1.807, 2.05) is 0 Å². The van der Waals surface area contributed by atoms with Crippen molar-refractivity contribution in [1.29, 1.82) is 0 Å². The molecule has 2 aromatic rings. The zero-order valence-electron chi connectivity index (χ0n) is 14.5.